The van der Waals surface area contributed by atoms with E-state index in [1.165, 1.54) is 18.4 Å². The molecule has 0 radical (unpaired) electrons. The van der Waals surface area contributed by atoms with Gasteiger partial charge in [-0.1, -0.05) is 17.7 Å². The average Bonchev–Trinajstić information content (AvgIpc) is 3.51. The van der Waals surface area contributed by atoms with E-state index in [1.54, 1.807) is 6.08 Å². The first-order valence-corrected chi connectivity index (χ1v) is 11.2. The summed E-state index contributed by atoms with van der Waals surface area (Å²) in [5.74, 6) is 0.705. The molecule has 1 saturated carbocycles. The van der Waals surface area contributed by atoms with Crippen LogP contribution in [0.1, 0.15) is 68.6 Å². The summed E-state index contributed by atoms with van der Waals surface area (Å²) in [6, 6.07) is 2.69. The van der Waals surface area contributed by atoms with E-state index in [4.69, 9.17) is 0 Å². The highest BCUT2D eigenvalue weighted by atomic mass is 16.3. The van der Waals surface area contributed by atoms with Gasteiger partial charge in [0.2, 0.25) is 0 Å². The van der Waals surface area contributed by atoms with E-state index >= 15 is 0 Å². The Kier molecular flexibility index (Phi) is 7.42. The fraction of sp³-hybridized carbons (Fsp3) is 0.600. The summed E-state index contributed by atoms with van der Waals surface area (Å²) >= 11 is 0. The molecule has 1 aliphatic heterocycles. The molecule has 2 N–H and O–H groups in total. The van der Waals surface area contributed by atoms with Crippen molar-refractivity contribution >= 4 is 0 Å². The number of phenols is 2. The molecule has 0 spiro atoms. The van der Waals surface area contributed by atoms with Gasteiger partial charge >= 0.3 is 0 Å². The number of hydrogen-bond donors (Lipinski definition) is 2. The number of allylic oxidation sites excluding steroid dienone is 3. The number of benzene rings is 1. The molecule has 1 unspecified atom stereocenters. The quantitative estimate of drug-likeness (QED) is 0.693. The zero-order valence-corrected chi connectivity index (χ0v) is 18.5. The van der Waals surface area contributed by atoms with E-state index in [9.17, 15) is 10.2 Å². The molecule has 3 aliphatic rings. The molecule has 1 aromatic carbocycles. The standard InChI is InChI=1S/C22H32N2O2.C3H6/c1-15-4-3-5-17(12-15)21-20(25)13-16(2)19(22(21)26)14-23-8-10-24(11-9-23)18-6-7-18;1-3-2/h12-13,17-18,25-26H,3-11,14H2,1-2H3;3H,1H2,2H3. The Morgan fingerprint density at radius 3 is 2.34 bits per heavy atom. The molecule has 2 aliphatic carbocycles. The summed E-state index contributed by atoms with van der Waals surface area (Å²) in [5.41, 5.74) is 4.08. The van der Waals surface area contributed by atoms with Gasteiger partial charge in [-0.05, 0) is 64.5 Å². The SMILES string of the molecule is C=CC.CC1=CC(c2c(O)cc(C)c(CN3CCN(C4CC4)CC3)c2O)CCC1. The van der Waals surface area contributed by atoms with E-state index in [0.717, 1.165) is 74.7 Å². The lowest BCUT2D eigenvalue weighted by molar-refractivity contribution is 0.120. The van der Waals surface area contributed by atoms with Crippen molar-refractivity contribution < 1.29 is 10.2 Å². The maximum absolute atomic E-state index is 11.0. The predicted molar refractivity (Wildman–Crippen MR) is 121 cm³/mol. The van der Waals surface area contributed by atoms with E-state index in [-0.39, 0.29) is 11.7 Å². The fourth-order valence-corrected chi connectivity index (χ4v) is 4.69. The second kappa shape index (κ2) is 9.82. The molecular weight excluding hydrogens is 360 g/mol. The first-order valence-electron chi connectivity index (χ1n) is 11.2. The summed E-state index contributed by atoms with van der Waals surface area (Å²) in [7, 11) is 0. The van der Waals surface area contributed by atoms with E-state index in [2.05, 4.69) is 29.4 Å². The van der Waals surface area contributed by atoms with Crippen LogP contribution in [-0.2, 0) is 6.54 Å². The van der Waals surface area contributed by atoms with Gasteiger partial charge in [0.25, 0.3) is 0 Å². The molecular formula is C25H38N2O2. The molecule has 4 rings (SSSR count). The molecule has 2 fully saturated rings. The first kappa shape index (κ1) is 21.9. The minimum Gasteiger partial charge on any atom is -0.507 e. The number of rotatable bonds is 4. The van der Waals surface area contributed by atoms with Crippen LogP contribution in [0.15, 0.2) is 30.4 Å². The number of nitrogens with zero attached hydrogens (tertiary/aromatic N) is 2. The van der Waals surface area contributed by atoms with Crippen molar-refractivity contribution in [3.05, 3.63) is 47.1 Å². The molecule has 1 atom stereocenters. The minimum absolute atomic E-state index is 0.134. The Hall–Kier alpha value is -1.78. The first-order chi connectivity index (χ1) is 13.9. The van der Waals surface area contributed by atoms with Crippen LogP contribution in [0.5, 0.6) is 11.5 Å². The lowest BCUT2D eigenvalue weighted by Crippen LogP contribution is -2.46. The van der Waals surface area contributed by atoms with Crippen LogP contribution in [-0.4, -0.2) is 52.2 Å². The topological polar surface area (TPSA) is 46.9 Å². The van der Waals surface area contributed by atoms with Crippen LogP contribution >= 0.6 is 0 Å². The molecule has 29 heavy (non-hydrogen) atoms. The van der Waals surface area contributed by atoms with Gasteiger partial charge in [0, 0.05) is 55.8 Å². The number of phenolic OH excluding ortho intramolecular Hbond substituents is 2. The van der Waals surface area contributed by atoms with Gasteiger partial charge in [-0.2, -0.15) is 0 Å². The lowest BCUT2D eigenvalue weighted by Gasteiger charge is -2.35. The Morgan fingerprint density at radius 2 is 1.76 bits per heavy atom. The molecule has 4 nitrogen and oxygen atoms in total. The van der Waals surface area contributed by atoms with Crippen LogP contribution in [0.2, 0.25) is 0 Å². The van der Waals surface area contributed by atoms with Crippen LogP contribution < -0.4 is 0 Å². The highest BCUT2D eigenvalue weighted by Gasteiger charge is 2.32. The number of aromatic hydroxyl groups is 2. The Bertz CT molecular complexity index is 744. The van der Waals surface area contributed by atoms with Crippen LogP contribution in [0, 0.1) is 6.92 Å². The smallest absolute Gasteiger partial charge is 0.127 e. The zero-order chi connectivity index (χ0) is 21.0. The van der Waals surface area contributed by atoms with Gasteiger partial charge in [-0.3, -0.25) is 9.80 Å². The third-order valence-corrected chi connectivity index (χ3v) is 6.44. The molecule has 1 heterocycles. The third kappa shape index (κ3) is 5.43. The maximum atomic E-state index is 11.0. The van der Waals surface area contributed by atoms with Crippen molar-refractivity contribution in [3.63, 3.8) is 0 Å². The second-order valence-corrected chi connectivity index (χ2v) is 8.92. The Morgan fingerprint density at radius 1 is 1.10 bits per heavy atom. The fourth-order valence-electron chi connectivity index (χ4n) is 4.69. The van der Waals surface area contributed by atoms with Crippen molar-refractivity contribution in [2.45, 2.75) is 71.4 Å². The monoisotopic (exact) mass is 398 g/mol. The largest absolute Gasteiger partial charge is 0.507 e. The molecule has 0 bridgehead atoms. The van der Waals surface area contributed by atoms with E-state index in [1.807, 2.05) is 19.9 Å². The summed E-state index contributed by atoms with van der Waals surface area (Å²) in [6.45, 7) is 14.6. The van der Waals surface area contributed by atoms with Crippen LogP contribution in [0.4, 0.5) is 0 Å². The molecule has 160 valence electrons. The Labute approximate surface area is 176 Å². The number of hydrogen-bond acceptors (Lipinski definition) is 4. The van der Waals surface area contributed by atoms with Gasteiger partial charge in [0.1, 0.15) is 11.5 Å². The van der Waals surface area contributed by atoms with Crippen molar-refractivity contribution in [1.82, 2.24) is 9.80 Å². The summed E-state index contributed by atoms with van der Waals surface area (Å²) in [4.78, 5) is 5.06. The summed E-state index contributed by atoms with van der Waals surface area (Å²) in [5, 5.41) is 21.6. The number of aryl methyl sites for hydroxylation is 1. The third-order valence-electron chi connectivity index (χ3n) is 6.44. The average molecular weight is 399 g/mol. The van der Waals surface area contributed by atoms with Crippen molar-refractivity contribution in [2.24, 2.45) is 0 Å². The maximum Gasteiger partial charge on any atom is 0.127 e. The van der Waals surface area contributed by atoms with Crippen LogP contribution in [0.25, 0.3) is 0 Å². The molecule has 4 heteroatoms. The van der Waals surface area contributed by atoms with Gasteiger partial charge in [0.15, 0.2) is 0 Å². The van der Waals surface area contributed by atoms with Crippen molar-refractivity contribution in [3.8, 4) is 11.5 Å². The van der Waals surface area contributed by atoms with Gasteiger partial charge in [0.05, 0.1) is 0 Å². The molecule has 1 saturated heterocycles. The van der Waals surface area contributed by atoms with Gasteiger partial charge in [-0.25, -0.2) is 0 Å². The lowest BCUT2D eigenvalue weighted by atomic mass is 9.83. The molecule has 0 amide bonds. The van der Waals surface area contributed by atoms with E-state index in [0.29, 0.717) is 5.75 Å². The van der Waals surface area contributed by atoms with Gasteiger partial charge in [-0.15, -0.1) is 6.58 Å². The normalized spacial score (nSPS) is 23.1. The highest BCUT2D eigenvalue weighted by Crippen LogP contribution is 2.43. The zero-order valence-electron chi connectivity index (χ0n) is 18.5. The second-order valence-electron chi connectivity index (χ2n) is 8.92. The summed E-state index contributed by atoms with van der Waals surface area (Å²) in [6.07, 6.45) is 9.97. The van der Waals surface area contributed by atoms with Crippen molar-refractivity contribution in [2.75, 3.05) is 26.2 Å². The molecule has 0 aromatic heterocycles. The summed E-state index contributed by atoms with van der Waals surface area (Å²) < 4.78 is 0. The highest BCUT2D eigenvalue weighted by molar-refractivity contribution is 5.55. The minimum atomic E-state index is 0.134. The predicted octanol–water partition coefficient (Wildman–Crippen LogP) is 5.09. The van der Waals surface area contributed by atoms with Crippen LogP contribution in [0.3, 0.4) is 0 Å². The van der Waals surface area contributed by atoms with Gasteiger partial charge < -0.3 is 10.2 Å². The van der Waals surface area contributed by atoms with E-state index < -0.39 is 0 Å². The Balaban J connectivity index is 0.000000755. The molecule has 1 aromatic rings. The number of piperazine rings is 1. The van der Waals surface area contributed by atoms with Crippen molar-refractivity contribution in [1.29, 1.82) is 0 Å².